The second kappa shape index (κ2) is 5.09. The van der Waals surface area contributed by atoms with E-state index in [1.54, 1.807) is 24.9 Å². The van der Waals surface area contributed by atoms with Crippen molar-refractivity contribution >= 4 is 5.97 Å². The highest BCUT2D eigenvalue weighted by atomic mass is 16.5. The lowest BCUT2D eigenvalue weighted by Crippen LogP contribution is -2.19. The van der Waals surface area contributed by atoms with Crippen LogP contribution in [0.2, 0.25) is 0 Å². The molecule has 0 saturated carbocycles. The lowest BCUT2D eigenvalue weighted by molar-refractivity contribution is 0.0192. The van der Waals surface area contributed by atoms with Crippen LogP contribution in [0.25, 0.3) is 11.3 Å². The highest BCUT2D eigenvalue weighted by Crippen LogP contribution is 2.27. The summed E-state index contributed by atoms with van der Waals surface area (Å²) in [7, 11) is 3.41. The van der Waals surface area contributed by atoms with E-state index in [0.29, 0.717) is 0 Å². The molecule has 0 atom stereocenters. The summed E-state index contributed by atoms with van der Waals surface area (Å²) in [5.74, 6) is -1.02. The van der Waals surface area contributed by atoms with Crippen molar-refractivity contribution in [2.75, 3.05) is 7.11 Å². The molecule has 2 rings (SSSR count). The van der Waals surface area contributed by atoms with E-state index in [-0.39, 0.29) is 11.3 Å². The average molecular weight is 274 g/mol. The smallest absolute Gasteiger partial charge is 0.356 e. The first kappa shape index (κ1) is 14.3. The van der Waals surface area contributed by atoms with Gasteiger partial charge >= 0.3 is 5.97 Å². The quantitative estimate of drug-likeness (QED) is 0.931. The molecule has 0 saturated heterocycles. The predicted octanol–water partition coefficient (Wildman–Crippen LogP) is 2.67. The van der Waals surface area contributed by atoms with Crippen LogP contribution in [0, 0.1) is 0 Å². The molecule has 0 spiro atoms. The Morgan fingerprint density at radius 2 is 1.90 bits per heavy atom. The summed E-state index contributed by atoms with van der Waals surface area (Å²) in [6.07, 6.45) is 0. The van der Waals surface area contributed by atoms with E-state index in [4.69, 9.17) is 9.84 Å². The summed E-state index contributed by atoms with van der Waals surface area (Å²) in [6.45, 7) is 3.99. The lowest BCUT2D eigenvalue weighted by Gasteiger charge is -2.23. The van der Waals surface area contributed by atoms with Crippen molar-refractivity contribution in [3.8, 4) is 11.3 Å². The van der Waals surface area contributed by atoms with Crippen molar-refractivity contribution in [3.05, 3.63) is 41.6 Å². The van der Waals surface area contributed by atoms with Gasteiger partial charge in [-0.15, -0.1) is 0 Å². The molecule has 106 valence electrons. The van der Waals surface area contributed by atoms with E-state index >= 15 is 0 Å². The van der Waals surface area contributed by atoms with Crippen molar-refractivity contribution < 1.29 is 14.6 Å². The second-order valence-corrected chi connectivity index (χ2v) is 5.14. The maximum atomic E-state index is 10.9. The highest BCUT2D eigenvalue weighted by Gasteiger charge is 2.19. The van der Waals surface area contributed by atoms with Crippen LogP contribution in [0.4, 0.5) is 0 Å². The fraction of sp³-hybridized carbons (Fsp3) is 0.333. The van der Waals surface area contributed by atoms with Crippen molar-refractivity contribution in [2.45, 2.75) is 19.4 Å². The number of methoxy groups -OCH3 is 1. The fourth-order valence-electron chi connectivity index (χ4n) is 2.00. The Morgan fingerprint density at radius 1 is 1.30 bits per heavy atom. The van der Waals surface area contributed by atoms with E-state index in [1.165, 1.54) is 0 Å². The topological polar surface area (TPSA) is 64.3 Å². The van der Waals surface area contributed by atoms with Gasteiger partial charge in [-0.3, -0.25) is 4.68 Å². The lowest BCUT2D eigenvalue weighted by atomic mass is 9.96. The average Bonchev–Trinajstić information content (AvgIpc) is 2.81. The zero-order valence-corrected chi connectivity index (χ0v) is 12.0. The highest BCUT2D eigenvalue weighted by molar-refractivity contribution is 5.87. The van der Waals surface area contributed by atoms with Crippen molar-refractivity contribution in [1.29, 1.82) is 0 Å². The number of ether oxygens (including phenoxy) is 1. The third kappa shape index (κ3) is 2.58. The van der Waals surface area contributed by atoms with E-state index in [9.17, 15) is 4.79 Å². The van der Waals surface area contributed by atoms with E-state index < -0.39 is 5.97 Å². The van der Waals surface area contributed by atoms with Crippen LogP contribution < -0.4 is 0 Å². The largest absolute Gasteiger partial charge is 0.476 e. The predicted molar refractivity (Wildman–Crippen MR) is 75.6 cm³/mol. The Kier molecular flexibility index (Phi) is 3.63. The number of hydrogen-bond acceptors (Lipinski definition) is 3. The molecule has 1 aromatic heterocycles. The maximum absolute atomic E-state index is 10.9. The Balaban J connectivity index is 2.38. The molecule has 20 heavy (non-hydrogen) atoms. The third-order valence-electron chi connectivity index (χ3n) is 3.49. The minimum Gasteiger partial charge on any atom is -0.476 e. The van der Waals surface area contributed by atoms with Gasteiger partial charge in [0.05, 0.1) is 11.3 Å². The molecule has 2 aromatic rings. The SMILES string of the molecule is COC(C)(C)c1ccc(-c2cc(C(=O)O)nn2C)cc1. The number of aromatic nitrogens is 2. The van der Waals surface area contributed by atoms with Crippen molar-refractivity contribution in [2.24, 2.45) is 7.05 Å². The molecule has 0 fully saturated rings. The first-order valence-corrected chi connectivity index (χ1v) is 6.28. The van der Waals surface area contributed by atoms with Gasteiger partial charge in [-0.1, -0.05) is 24.3 Å². The molecule has 0 amide bonds. The Labute approximate surface area is 117 Å². The number of aryl methyl sites for hydroxylation is 1. The zero-order chi connectivity index (χ0) is 14.9. The van der Waals surface area contributed by atoms with Crippen LogP contribution in [0.5, 0.6) is 0 Å². The number of nitrogens with zero attached hydrogens (tertiary/aromatic N) is 2. The van der Waals surface area contributed by atoms with Gasteiger partial charge in [-0.05, 0) is 31.0 Å². The van der Waals surface area contributed by atoms with Crippen LogP contribution in [-0.4, -0.2) is 28.0 Å². The number of hydrogen-bond donors (Lipinski definition) is 1. The van der Waals surface area contributed by atoms with Crippen LogP contribution >= 0.6 is 0 Å². The fourth-order valence-corrected chi connectivity index (χ4v) is 2.00. The molecule has 5 heteroatoms. The molecule has 0 unspecified atom stereocenters. The molecule has 1 heterocycles. The first-order chi connectivity index (χ1) is 9.35. The summed E-state index contributed by atoms with van der Waals surface area (Å²) < 4.78 is 7.00. The van der Waals surface area contributed by atoms with Crippen LogP contribution in [0.15, 0.2) is 30.3 Å². The van der Waals surface area contributed by atoms with Gasteiger partial charge in [0.25, 0.3) is 0 Å². The first-order valence-electron chi connectivity index (χ1n) is 6.28. The molecular weight excluding hydrogens is 256 g/mol. The van der Waals surface area contributed by atoms with Gasteiger partial charge in [0.2, 0.25) is 0 Å². The Bertz CT molecular complexity index is 627. The zero-order valence-electron chi connectivity index (χ0n) is 12.0. The van der Waals surface area contributed by atoms with Crippen LogP contribution in [0.3, 0.4) is 0 Å². The van der Waals surface area contributed by atoms with Gasteiger partial charge < -0.3 is 9.84 Å². The van der Waals surface area contributed by atoms with Crippen molar-refractivity contribution in [3.63, 3.8) is 0 Å². The van der Waals surface area contributed by atoms with Gasteiger partial charge in [0.1, 0.15) is 0 Å². The summed E-state index contributed by atoms with van der Waals surface area (Å²) in [4.78, 5) is 10.9. The second-order valence-electron chi connectivity index (χ2n) is 5.14. The molecule has 0 aliphatic carbocycles. The van der Waals surface area contributed by atoms with Gasteiger partial charge in [0, 0.05) is 14.2 Å². The van der Waals surface area contributed by atoms with Crippen LogP contribution in [0.1, 0.15) is 29.9 Å². The van der Waals surface area contributed by atoms with Gasteiger partial charge in [0.15, 0.2) is 5.69 Å². The van der Waals surface area contributed by atoms with Crippen LogP contribution in [-0.2, 0) is 17.4 Å². The number of carboxylic acids is 1. The van der Waals surface area contributed by atoms with E-state index in [2.05, 4.69) is 5.10 Å². The summed E-state index contributed by atoms with van der Waals surface area (Å²) >= 11 is 0. The molecule has 1 aromatic carbocycles. The third-order valence-corrected chi connectivity index (χ3v) is 3.49. The molecular formula is C15H18N2O3. The normalized spacial score (nSPS) is 11.6. The summed E-state index contributed by atoms with van der Waals surface area (Å²) in [6, 6.07) is 9.41. The van der Waals surface area contributed by atoms with E-state index in [0.717, 1.165) is 16.8 Å². The summed E-state index contributed by atoms with van der Waals surface area (Å²) in [5, 5.41) is 12.9. The monoisotopic (exact) mass is 274 g/mol. The molecule has 0 aliphatic rings. The summed E-state index contributed by atoms with van der Waals surface area (Å²) in [5.41, 5.74) is 2.44. The number of benzene rings is 1. The minimum atomic E-state index is -1.02. The maximum Gasteiger partial charge on any atom is 0.356 e. The number of carbonyl (C=O) groups is 1. The molecule has 0 aliphatic heterocycles. The Morgan fingerprint density at radius 3 is 2.35 bits per heavy atom. The van der Waals surface area contributed by atoms with Gasteiger partial charge in [-0.2, -0.15) is 5.10 Å². The number of carboxylic acid groups (broad SMARTS) is 1. The molecule has 0 radical (unpaired) electrons. The molecule has 5 nitrogen and oxygen atoms in total. The standard InChI is InChI=1S/C15H18N2O3/c1-15(2,20-4)11-7-5-10(6-8-11)13-9-12(14(18)19)16-17(13)3/h5-9H,1-4H3,(H,18,19). The van der Waals surface area contributed by atoms with Crippen molar-refractivity contribution in [1.82, 2.24) is 9.78 Å². The minimum absolute atomic E-state index is 0.0452. The number of rotatable bonds is 4. The number of aromatic carboxylic acids is 1. The molecule has 1 N–H and O–H groups in total. The Hall–Kier alpha value is -2.14. The molecule has 0 bridgehead atoms. The van der Waals surface area contributed by atoms with Gasteiger partial charge in [-0.25, -0.2) is 4.79 Å². The van der Waals surface area contributed by atoms with E-state index in [1.807, 2.05) is 38.1 Å².